The maximum Gasteiger partial charge on any atom is 0.257 e. The summed E-state index contributed by atoms with van der Waals surface area (Å²) in [6.45, 7) is 1.16. The number of nitrogens with one attached hydrogen (secondary N) is 1. The Morgan fingerprint density at radius 3 is 2.57 bits per heavy atom. The summed E-state index contributed by atoms with van der Waals surface area (Å²) in [7, 11) is 0. The van der Waals surface area contributed by atoms with Crippen LogP contribution in [-0.4, -0.2) is 28.2 Å². The van der Waals surface area contributed by atoms with Gasteiger partial charge in [0.15, 0.2) is 0 Å². The normalized spacial score (nSPS) is 13.0. The first-order valence-corrected chi connectivity index (χ1v) is 8.98. The number of carbonyl (C=O) groups is 2. The smallest absolute Gasteiger partial charge is 0.257 e. The van der Waals surface area contributed by atoms with Crippen LogP contribution in [-0.2, 0) is 13.0 Å². The molecule has 0 saturated heterocycles. The molecule has 2 aromatic carbocycles. The highest BCUT2D eigenvalue weighted by atomic mass is 19.1. The number of pyridine rings is 1. The largest absolute Gasteiger partial charge is 0.334 e. The number of rotatable bonds is 3. The van der Waals surface area contributed by atoms with E-state index in [9.17, 15) is 14.0 Å². The summed E-state index contributed by atoms with van der Waals surface area (Å²) in [5, 5.41) is 2.61. The number of hydrogen-bond donors (Lipinski definition) is 1. The third kappa shape index (κ3) is 3.76. The molecule has 0 aliphatic carbocycles. The summed E-state index contributed by atoms with van der Waals surface area (Å²) >= 11 is 0. The highest BCUT2D eigenvalue weighted by molar-refractivity contribution is 6.05. The molecular weight excluding hydrogens is 357 g/mol. The number of nitrogens with zero attached hydrogens (tertiary/aromatic N) is 2. The molecule has 0 bridgehead atoms. The highest BCUT2D eigenvalue weighted by Crippen LogP contribution is 2.20. The van der Waals surface area contributed by atoms with E-state index in [0.717, 1.165) is 12.0 Å². The van der Waals surface area contributed by atoms with Gasteiger partial charge in [0.05, 0.1) is 11.1 Å². The Bertz CT molecular complexity index is 1050. The van der Waals surface area contributed by atoms with Crippen molar-refractivity contribution in [2.75, 3.05) is 11.9 Å². The zero-order valence-corrected chi connectivity index (χ0v) is 15.1. The van der Waals surface area contributed by atoms with E-state index in [1.165, 1.54) is 42.2 Å². The lowest BCUT2D eigenvalue weighted by Gasteiger charge is -2.28. The van der Waals surface area contributed by atoms with E-state index in [-0.39, 0.29) is 11.5 Å². The monoisotopic (exact) mass is 375 g/mol. The van der Waals surface area contributed by atoms with Crippen LogP contribution in [0.4, 0.5) is 10.1 Å². The molecule has 5 nitrogen and oxygen atoms in total. The third-order valence-corrected chi connectivity index (χ3v) is 4.75. The molecule has 0 radical (unpaired) electrons. The molecule has 1 aliphatic heterocycles. The molecule has 0 fully saturated rings. The summed E-state index contributed by atoms with van der Waals surface area (Å²) in [5.41, 5.74) is 3.33. The van der Waals surface area contributed by atoms with Gasteiger partial charge >= 0.3 is 0 Å². The van der Waals surface area contributed by atoms with Crippen molar-refractivity contribution in [2.24, 2.45) is 0 Å². The molecule has 1 aliphatic rings. The average Bonchev–Trinajstić information content (AvgIpc) is 2.73. The number of amides is 2. The first kappa shape index (κ1) is 17.9. The van der Waals surface area contributed by atoms with Crippen LogP contribution in [0.1, 0.15) is 31.8 Å². The van der Waals surface area contributed by atoms with Crippen molar-refractivity contribution in [1.29, 1.82) is 0 Å². The minimum absolute atomic E-state index is 0.164. The fourth-order valence-corrected chi connectivity index (χ4v) is 3.30. The number of carbonyl (C=O) groups excluding carboxylic acids is 2. The summed E-state index contributed by atoms with van der Waals surface area (Å²) in [6, 6.07) is 15.2. The number of benzene rings is 2. The predicted octanol–water partition coefficient (Wildman–Crippen LogP) is 3.67. The maximum absolute atomic E-state index is 13.3. The Hall–Kier alpha value is -3.54. The Morgan fingerprint density at radius 1 is 0.964 bits per heavy atom. The van der Waals surface area contributed by atoms with Crippen LogP contribution in [0.15, 0.2) is 67.0 Å². The van der Waals surface area contributed by atoms with Gasteiger partial charge in [0.25, 0.3) is 11.8 Å². The first-order chi connectivity index (χ1) is 13.6. The van der Waals surface area contributed by atoms with Gasteiger partial charge in [-0.1, -0.05) is 30.3 Å². The topological polar surface area (TPSA) is 62.3 Å². The standard InChI is InChI=1S/C22H18FN3O2/c23-19-6-3-7-20(11-19)25-21(27)17-10-18(13-24-12-17)22(28)26-9-8-15-4-1-2-5-16(15)14-26/h1-7,10-13H,8-9,14H2,(H,25,27). The second-order valence-corrected chi connectivity index (χ2v) is 6.67. The Kier molecular flexibility index (Phi) is 4.85. The minimum atomic E-state index is -0.447. The van der Waals surface area contributed by atoms with Crippen molar-refractivity contribution in [3.63, 3.8) is 0 Å². The first-order valence-electron chi connectivity index (χ1n) is 8.98. The molecule has 28 heavy (non-hydrogen) atoms. The number of aromatic nitrogens is 1. The lowest BCUT2D eigenvalue weighted by molar-refractivity contribution is 0.0734. The van der Waals surface area contributed by atoms with E-state index in [1.54, 1.807) is 11.0 Å². The minimum Gasteiger partial charge on any atom is -0.334 e. The molecule has 1 aromatic heterocycles. The van der Waals surface area contributed by atoms with Crippen LogP contribution in [0, 0.1) is 5.82 Å². The van der Waals surface area contributed by atoms with Crippen LogP contribution in [0.25, 0.3) is 0 Å². The van der Waals surface area contributed by atoms with Crippen LogP contribution < -0.4 is 5.32 Å². The lowest BCUT2D eigenvalue weighted by atomic mass is 9.99. The van der Waals surface area contributed by atoms with Gasteiger partial charge in [0.1, 0.15) is 5.82 Å². The van der Waals surface area contributed by atoms with E-state index < -0.39 is 11.7 Å². The molecule has 0 saturated carbocycles. The van der Waals surface area contributed by atoms with Crippen LogP contribution in [0.5, 0.6) is 0 Å². The molecule has 0 atom stereocenters. The van der Waals surface area contributed by atoms with Gasteiger partial charge in [0, 0.05) is 31.2 Å². The van der Waals surface area contributed by atoms with E-state index in [1.807, 2.05) is 18.2 Å². The molecule has 0 unspecified atom stereocenters. The van der Waals surface area contributed by atoms with E-state index in [2.05, 4.69) is 16.4 Å². The van der Waals surface area contributed by atoms with Gasteiger partial charge in [-0.3, -0.25) is 14.6 Å². The number of hydrogen-bond acceptors (Lipinski definition) is 3. The maximum atomic E-state index is 13.3. The van der Waals surface area contributed by atoms with Crippen LogP contribution in [0.3, 0.4) is 0 Å². The average molecular weight is 375 g/mol. The Morgan fingerprint density at radius 2 is 1.75 bits per heavy atom. The van der Waals surface area contributed by atoms with Crippen molar-refractivity contribution in [3.05, 3.63) is 95.1 Å². The predicted molar refractivity (Wildman–Crippen MR) is 103 cm³/mol. The molecule has 2 heterocycles. The van der Waals surface area contributed by atoms with Gasteiger partial charge in [-0.25, -0.2) is 4.39 Å². The molecule has 4 rings (SSSR count). The molecular formula is C22H18FN3O2. The number of fused-ring (bicyclic) bond motifs is 1. The van der Waals surface area contributed by atoms with Gasteiger partial charge in [-0.2, -0.15) is 0 Å². The quantitative estimate of drug-likeness (QED) is 0.760. The highest BCUT2D eigenvalue weighted by Gasteiger charge is 2.22. The van der Waals surface area contributed by atoms with E-state index in [0.29, 0.717) is 24.3 Å². The van der Waals surface area contributed by atoms with Gasteiger partial charge in [-0.05, 0) is 41.8 Å². The number of anilines is 1. The van der Waals surface area contributed by atoms with Gasteiger partial charge < -0.3 is 10.2 Å². The molecule has 140 valence electrons. The van der Waals surface area contributed by atoms with E-state index in [4.69, 9.17) is 0 Å². The number of halogens is 1. The molecule has 0 spiro atoms. The zero-order chi connectivity index (χ0) is 19.5. The summed E-state index contributed by atoms with van der Waals surface area (Å²) < 4.78 is 13.3. The fourth-order valence-electron chi connectivity index (χ4n) is 3.30. The fraction of sp³-hybridized carbons (Fsp3) is 0.136. The van der Waals surface area contributed by atoms with Crippen molar-refractivity contribution >= 4 is 17.5 Å². The van der Waals surface area contributed by atoms with Crippen molar-refractivity contribution in [2.45, 2.75) is 13.0 Å². The Labute approximate surface area is 161 Å². The third-order valence-electron chi connectivity index (χ3n) is 4.75. The van der Waals surface area contributed by atoms with Gasteiger partial charge in [-0.15, -0.1) is 0 Å². The second-order valence-electron chi connectivity index (χ2n) is 6.67. The summed E-state index contributed by atoms with van der Waals surface area (Å²) in [4.78, 5) is 31.1. The lowest BCUT2D eigenvalue weighted by Crippen LogP contribution is -2.36. The molecule has 1 N–H and O–H groups in total. The zero-order valence-electron chi connectivity index (χ0n) is 15.1. The van der Waals surface area contributed by atoms with Crippen LogP contribution in [0.2, 0.25) is 0 Å². The van der Waals surface area contributed by atoms with Gasteiger partial charge in [0.2, 0.25) is 0 Å². The van der Waals surface area contributed by atoms with Crippen molar-refractivity contribution in [3.8, 4) is 0 Å². The van der Waals surface area contributed by atoms with Crippen molar-refractivity contribution in [1.82, 2.24) is 9.88 Å². The van der Waals surface area contributed by atoms with Crippen molar-refractivity contribution < 1.29 is 14.0 Å². The molecule has 3 aromatic rings. The molecule has 6 heteroatoms. The van der Waals surface area contributed by atoms with Crippen LogP contribution >= 0.6 is 0 Å². The summed E-state index contributed by atoms with van der Waals surface area (Å²) in [5.74, 6) is -1.05. The van der Waals surface area contributed by atoms with E-state index >= 15 is 0 Å². The summed E-state index contributed by atoms with van der Waals surface area (Å²) in [6.07, 6.45) is 3.65. The Balaban J connectivity index is 1.50. The molecule has 2 amide bonds. The SMILES string of the molecule is O=C(Nc1cccc(F)c1)c1cncc(C(=O)N2CCc3ccccc3C2)c1. The second kappa shape index (κ2) is 7.60.